The van der Waals surface area contributed by atoms with Crippen molar-refractivity contribution in [2.45, 2.75) is 12.8 Å². The number of phenols is 1. The van der Waals surface area contributed by atoms with Crippen LogP contribution in [0.15, 0.2) is 24.3 Å². The summed E-state index contributed by atoms with van der Waals surface area (Å²) in [6.45, 7) is 0.183. The van der Waals surface area contributed by atoms with Gasteiger partial charge in [-0.3, -0.25) is 19.3 Å². The van der Waals surface area contributed by atoms with Gasteiger partial charge >= 0.3 is 5.97 Å². The monoisotopic (exact) mass is 292 g/mol. The van der Waals surface area contributed by atoms with Crippen LogP contribution in [0, 0.1) is 0 Å². The Morgan fingerprint density at radius 2 is 1.86 bits per heavy atom. The third-order valence-electron chi connectivity index (χ3n) is 3.22. The molecule has 21 heavy (non-hydrogen) atoms. The molecular weight excluding hydrogens is 276 g/mol. The van der Waals surface area contributed by atoms with Crippen LogP contribution in [0.5, 0.6) is 5.75 Å². The molecule has 1 aliphatic rings. The lowest BCUT2D eigenvalue weighted by Gasteiger charge is -2.34. The maximum absolute atomic E-state index is 12.0. The van der Waals surface area contributed by atoms with E-state index in [0.29, 0.717) is 5.69 Å². The molecule has 0 unspecified atom stereocenters. The summed E-state index contributed by atoms with van der Waals surface area (Å²) in [5.41, 5.74) is 0.599. The number of anilines is 1. The molecular formula is C14H16N2O5. The first-order chi connectivity index (χ1) is 9.97. The number of amides is 2. The Bertz CT molecular complexity index is 554. The predicted molar refractivity (Wildman–Crippen MR) is 73.9 cm³/mol. The normalized spacial score (nSPS) is 15.4. The SMILES string of the molecule is O=C(O)CCCN1C(=O)CN(c2cccc(O)c2)CC1=O. The second-order valence-corrected chi connectivity index (χ2v) is 4.81. The molecule has 1 fully saturated rings. The quantitative estimate of drug-likeness (QED) is 0.764. The summed E-state index contributed by atoms with van der Waals surface area (Å²) >= 11 is 0. The van der Waals surface area contributed by atoms with E-state index in [4.69, 9.17) is 5.11 Å². The second kappa shape index (κ2) is 6.25. The fourth-order valence-electron chi connectivity index (χ4n) is 2.20. The van der Waals surface area contributed by atoms with Crippen LogP contribution >= 0.6 is 0 Å². The Labute approximate surface area is 121 Å². The van der Waals surface area contributed by atoms with E-state index < -0.39 is 5.97 Å². The van der Waals surface area contributed by atoms with Crippen molar-refractivity contribution < 1.29 is 24.6 Å². The van der Waals surface area contributed by atoms with Crippen LogP contribution in [0.3, 0.4) is 0 Å². The van der Waals surface area contributed by atoms with E-state index in [2.05, 4.69) is 0 Å². The molecule has 2 rings (SSSR count). The van der Waals surface area contributed by atoms with Crippen molar-refractivity contribution in [3.8, 4) is 5.75 Å². The third-order valence-corrected chi connectivity index (χ3v) is 3.22. The molecule has 7 nitrogen and oxygen atoms in total. The van der Waals surface area contributed by atoms with Crippen molar-refractivity contribution in [3.63, 3.8) is 0 Å². The summed E-state index contributed by atoms with van der Waals surface area (Å²) in [6, 6.07) is 6.34. The van der Waals surface area contributed by atoms with Gasteiger partial charge in [-0.25, -0.2) is 0 Å². The molecule has 2 amide bonds. The summed E-state index contributed by atoms with van der Waals surface area (Å²) in [4.78, 5) is 37.1. The van der Waals surface area contributed by atoms with E-state index in [-0.39, 0.29) is 50.0 Å². The van der Waals surface area contributed by atoms with E-state index in [0.717, 1.165) is 4.90 Å². The van der Waals surface area contributed by atoms with Crippen LogP contribution in [0.1, 0.15) is 12.8 Å². The molecule has 0 aliphatic carbocycles. The van der Waals surface area contributed by atoms with Crippen molar-refractivity contribution in [3.05, 3.63) is 24.3 Å². The molecule has 1 heterocycles. The van der Waals surface area contributed by atoms with Gasteiger partial charge in [-0.2, -0.15) is 0 Å². The summed E-state index contributed by atoms with van der Waals surface area (Å²) in [6.07, 6.45) is 0.173. The van der Waals surface area contributed by atoms with Crippen LogP contribution in [-0.2, 0) is 14.4 Å². The number of hydrogen-bond acceptors (Lipinski definition) is 5. The summed E-state index contributed by atoms with van der Waals surface area (Å²) in [5, 5.41) is 18.0. The zero-order valence-electron chi connectivity index (χ0n) is 11.4. The van der Waals surface area contributed by atoms with Gasteiger partial charge in [0.2, 0.25) is 11.8 Å². The van der Waals surface area contributed by atoms with Gasteiger partial charge in [-0.1, -0.05) is 6.07 Å². The van der Waals surface area contributed by atoms with Crippen molar-refractivity contribution in [1.82, 2.24) is 4.90 Å². The predicted octanol–water partition coefficient (Wildman–Crippen LogP) is 0.432. The Morgan fingerprint density at radius 1 is 1.19 bits per heavy atom. The maximum atomic E-state index is 12.0. The van der Waals surface area contributed by atoms with Gasteiger partial charge in [0, 0.05) is 24.7 Å². The number of carbonyl (C=O) groups is 3. The molecule has 1 aliphatic heterocycles. The highest BCUT2D eigenvalue weighted by molar-refractivity contribution is 6.02. The Balaban J connectivity index is 2.00. The molecule has 1 aromatic rings. The van der Waals surface area contributed by atoms with E-state index in [9.17, 15) is 19.5 Å². The highest BCUT2D eigenvalue weighted by Crippen LogP contribution is 2.22. The number of carboxylic acids is 1. The highest BCUT2D eigenvalue weighted by atomic mass is 16.4. The standard InChI is InChI=1S/C14H16N2O5/c17-11-4-1-3-10(7-11)15-8-12(18)16(13(19)9-15)6-2-5-14(20)21/h1,3-4,7,17H,2,5-6,8-9H2,(H,20,21). The van der Waals surface area contributed by atoms with Crippen LogP contribution in [0.25, 0.3) is 0 Å². The van der Waals surface area contributed by atoms with Crippen LogP contribution in [0.2, 0.25) is 0 Å². The zero-order valence-corrected chi connectivity index (χ0v) is 11.4. The van der Waals surface area contributed by atoms with Crippen LogP contribution in [-0.4, -0.2) is 52.5 Å². The first-order valence-corrected chi connectivity index (χ1v) is 6.56. The fraction of sp³-hybridized carbons (Fsp3) is 0.357. The first-order valence-electron chi connectivity index (χ1n) is 6.56. The molecule has 2 N–H and O–H groups in total. The average Bonchev–Trinajstić information content (AvgIpc) is 2.41. The van der Waals surface area contributed by atoms with E-state index >= 15 is 0 Å². The minimum absolute atomic E-state index is 0.0300. The molecule has 0 bridgehead atoms. The molecule has 0 atom stereocenters. The Morgan fingerprint density at radius 3 is 2.43 bits per heavy atom. The lowest BCUT2D eigenvalue weighted by molar-refractivity contribution is -0.146. The van der Waals surface area contributed by atoms with Crippen molar-refractivity contribution >= 4 is 23.5 Å². The lowest BCUT2D eigenvalue weighted by atomic mass is 10.2. The molecule has 0 radical (unpaired) electrons. The number of benzene rings is 1. The van der Waals surface area contributed by atoms with Gasteiger partial charge in [0.1, 0.15) is 5.75 Å². The summed E-state index contributed by atoms with van der Waals surface area (Å²) in [5.74, 6) is -1.61. The zero-order chi connectivity index (χ0) is 15.4. The van der Waals surface area contributed by atoms with E-state index in [1.54, 1.807) is 17.0 Å². The van der Waals surface area contributed by atoms with E-state index in [1.165, 1.54) is 12.1 Å². The molecule has 112 valence electrons. The maximum Gasteiger partial charge on any atom is 0.303 e. The Kier molecular flexibility index (Phi) is 4.42. The summed E-state index contributed by atoms with van der Waals surface area (Å²) in [7, 11) is 0. The minimum Gasteiger partial charge on any atom is -0.508 e. The minimum atomic E-state index is -0.951. The van der Waals surface area contributed by atoms with Gasteiger partial charge in [-0.05, 0) is 18.6 Å². The second-order valence-electron chi connectivity index (χ2n) is 4.81. The number of phenolic OH excluding ortho intramolecular Hbond substituents is 1. The van der Waals surface area contributed by atoms with Gasteiger partial charge in [0.05, 0.1) is 13.1 Å². The summed E-state index contributed by atoms with van der Waals surface area (Å²) < 4.78 is 0. The van der Waals surface area contributed by atoms with Crippen molar-refractivity contribution in [2.75, 3.05) is 24.5 Å². The lowest BCUT2D eigenvalue weighted by Crippen LogP contribution is -2.54. The largest absolute Gasteiger partial charge is 0.508 e. The van der Waals surface area contributed by atoms with Gasteiger partial charge in [0.15, 0.2) is 0 Å². The van der Waals surface area contributed by atoms with Gasteiger partial charge in [0.25, 0.3) is 0 Å². The number of carboxylic acid groups (broad SMARTS) is 1. The number of imide groups is 1. The average molecular weight is 292 g/mol. The molecule has 0 saturated carbocycles. The molecule has 0 spiro atoms. The number of aliphatic carboxylic acids is 1. The third kappa shape index (κ3) is 3.71. The Hall–Kier alpha value is -2.57. The van der Waals surface area contributed by atoms with Crippen LogP contribution in [0.4, 0.5) is 5.69 Å². The topological polar surface area (TPSA) is 98.2 Å². The molecule has 1 aromatic carbocycles. The highest BCUT2D eigenvalue weighted by Gasteiger charge is 2.30. The number of nitrogens with zero attached hydrogens (tertiary/aromatic N) is 2. The fourth-order valence-corrected chi connectivity index (χ4v) is 2.20. The molecule has 1 saturated heterocycles. The molecule has 7 heteroatoms. The van der Waals surface area contributed by atoms with E-state index in [1.807, 2.05) is 0 Å². The van der Waals surface area contributed by atoms with Crippen LogP contribution < -0.4 is 4.90 Å². The number of aromatic hydroxyl groups is 1. The van der Waals surface area contributed by atoms with Crippen molar-refractivity contribution in [1.29, 1.82) is 0 Å². The molecule has 0 aromatic heterocycles. The number of hydrogen-bond donors (Lipinski definition) is 2. The number of carbonyl (C=O) groups excluding carboxylic acids is 2. The van der Waals surface area contributed by atoms with Crippen molar-refractivity contribution in [2.24, 2.45) is 0 Å². The van der Waals surface area contributed by atoms with Gasteiger partial charge < -0.3 is 15.1 Å². The smallest absolute Gasteiger partial charge is 0.303 e. The number of piperazine rings is 1. The van der Waals surface area contributed by atoms with Gasteiger partial charge in [-0.15, -0.1) is 0 Å². The number of rotatable bonds is 5. The first kappa shape index (κ1) is 14.8.